The van der Waals surface area contributed by atoms with Crippen LogP contribution >= 0.6 is 34.5 Å². The van der Waals surface area contributed by atoms with Gasteiger partial charge in [-0.3, -0.25) is 4.79 Å². The molecular formula is C24H26Cl2N2O3S2. The fourth-order valence-electron chi connectivity index (χ4n) is 3.39. The molecule has 0 N–H and O–H groups in total. The molecule has 3 aromatic rings. The van der Waals surface area contributed by atoms with Gasteiger partial charge in [0.1, 0.15) is 4.90 Å². The van der Waals surface area contributed by atoms with Crippen molar-refractivity contribution in [1.82, 2.24) is 9.21 Å². The van der Waals surface area contributed by atoms with Gasteiger partial charge in [0, 0.05) is 27.9 Å². The van der Waals surface area contributed by atoms with E-state index in [1.165, 1.54) is 22.5 Å². The van der Waals surface area contributed by atoms with Gasteiger partial charge in [0.25, 0.3) is 0 Å². The van der Waals surface area contributed by atoms with Gasteiger partial charge in [0.05, 0.1) is 18.1 Å². The second-order valence-corrected chi connectivity index (χ2v) is 11.8. The lowest BCUT2D eigenvalue weighted by Gasteiger charge is -2.27. The summed E-state index contributed by atoms with van der Waals surface area (Å²) in [6.07, 6.45) is 0.549. The van der Waals surface area contributed by atoms with Crippen LogP contribution in [0.25, 0.3) is 0 Å². The number of halogens is 2. The zero-order valence-corrected chi connectivity index (χ0v) is 21.6. The molecule has 3 rings (SSSR count). The van der Waals surface area contributed by atoms with Crippen molar-refractivity contribution in [3.8, 4) is 0 Å². The van der Waals surface area contributed by atoms with Crippen LogP contribution < -0.4 is 0 Å². The molecule has 1 amide bonds. The van der Waals surface area contributed by atoms with Crippen LogP contribution in [0.2, 0.25) is 10.0 Å². The van der Waals surface area contributed by atoms with Crippen molar-refractivity contribution >= 4 is 50.5 Å². The zero-order valence-electron chi connectivity index (χ0n) is 18.5. The van der Waals surface area contributed by atoms with Crippen molar-refractivity contribution < 1.29 is 13.2 Å². The highest BCUT2D eigenvalue weighted by atomic mass is 35.5. The first-order chi connectivity index (χ1) is 15.7. The highest BCUT2D eigenvalue weighted by Gasteiger charge is 2.30. The van der Waals surface area contributed by atoms with Gasteiger partial charge in [-0.25, -0.2) is 8.42 Å². The molecule has 0 bridgehead atoms. The third-order valence-corrected chi connectivity index (χ3v) is 8.55. The standard InChI is InChI=1S/C24H26Cl2N2O3S2/c1-3-13-28(33(30,31)23-14-20(25)10-12-22(23)26)17-24(29)27(15-19-7-5-4-6-8-19)16-21-11-9-18(2)32-21/h4-12,14H,3,13,15-17H2,1-2H3. The van der Waals surface area contributed by atoms with Gasteiger partial charge < -0.3 is 4.90 Å². The van der Waals surface area contributed by atoms with Crippen LogP contribution in [0.3, 0.4) is 0 Å². The number of sulfonamides is 1. The number of thiophene rings is 1. The number of hydrogen-bond acceptors (Lipinski definition) is 4. The number of amides is 1. The largest absolute Gasteiger partial charge is 0.332 e. The Balaban J connectivity index is 1.88. The van der Waals surface area contributed by atoms with Crippen LogP contribution in [-0.4, -0.2) is 36.6 Å². The average Bonchev–Trinajstić information content (AvgIpc) is 3.19. The summed E-state index contributed by atoms with van der Waals surface area (Å²) >= 11 is 13.8. The summed E-state index contributed by atoms with van der Waals surface area (Å²) < 4.78 is 28.0. The maximum absolute atomic E-state index is 13.4. The predicted molar refractivity (Wildman–Crippen MR) is 135 cm³/mol. The van der Waals surface area contributed by atoms with Gasteiger partial charge in [-0.2, -0.15) is 4.31 Å². The Hall–Kier alpha value is -1.90. The smallest absolute Gasteiger partial charge is 0.245 e. The lowest BCUT2D eigenvalue weighted by Crippen LogP contribution is -2.42. The molecule has 5 nitrogen and oxygen atoms in total. The molecule has 9 heteroatoms. The highest BCUT2D eigenvalue weighted by molar-refractivity contribution is 7.89. The quantitative estimate of drug-likeness (QED) is 0.327. The van der Waals surface area contributed by atoms with E-state index in [-0.39, 0.29) is 33.9 Å². The topological polar surface area (TPSA) is 57.7 Å². The number of carbonyl (C=O) groups is 1. The molecule has 176 valence electrons. The maximum atomic E-state index is 13.4. The second-order valence-electron chi connectivity index (χ2n) is 7.66. The van der Waals surface area contributed by atoms with Gasteiger partial charge in [-0.1, -0.05) is 60.5 Å². The first kappa shape index (κ1) is 25.7. The third-order valence-electron chi connectivity index (χ3n) is 5.01. The van der Waals surface area contributed by atoms with E-state index in [0.717, 1.165) is 15.3 Å². The highest BCUT2D eigenvalue weighted by Crippen LogP contribution is 2.28. The number of hydrogen-bond donors (Lipinski definition) is 0. The number of aryl methyl sites for hydroxylation is 1. The molecule has 0 spiro atoms. The second kappa shape index (κ2) is 11.5. The van der Waals surface area contributed by atoms with Crippen molar-refractivity contribution in [2.24, 2.45) is 0 Å². The minimum atomic E-state index is -4.01. The fraction of sp³-hybridized carbons (Fsp3) is 0.292. The molecule has 0 atom stereocenters. The Kier molecular flexibility index (Phi) is 8.95. The van der Waals surface area contributed by atoms with Crippen LogP contribution in [0, 0.1) is 6.92 Å². The monoisotopic (exact) mass is 524 g/mol. The minimum absolute atomic E-state index is 0.0724. The van der Waals surface area contributed by atoms with E-state index in [9.17, 15) is 13.2 Å². The molecule has 0 saturated carbocycles. The first-order valence-corrected chi connectivity index (χ1v) is 13.5. The third kappa shape index (κ3) is 6.80. The lowest BCUT2D eigenvalue weighted by atomic mass is 10.2. The van der Waals surface area contributed by atoms with E-state index in [1.807, 2.05) is 56.3 Å². The fourth-order valence-corrected chi connectivity index (χ4v) is 6.52. The number of benzene rings is 2. The van der Waals surface area contributed by atoms with Gasteiger partial charge in [0.2, 0.25) is 15.9 Å². The first-order valence-electron chi connectivity index (χ1n) is 10.5. The van der Waals surface area contributed by atoms with E-state index < -0.39 is 10.0 Å². The molecular weight excluding hydrogens is 499 g/mol. The lowest BCUT2D eigenvalue weighted by molar-refractivity contribution is -0.132. The molecule has 0 radical (unpaired) electrons. The Morgan fingerprint density at radius 2 is 1.73 bits per heavy atom. The van der Waals surface area contributed by atoms with Crippen molar-refractivity contribution in [2.75, 3.05) is 13.1 Å². The normalized spacial score (nSPS) is 11.7. The van der Waals surface area contributed by atoms with Gasteiger partial charge in [0.15, 0.2) is 0 Å². The van der Waals surface area contributed by atoms with Crippen LogP contribution in [0.15, 0.2) is 65.6 Å². The Morgan fingerprint density at radius 1 is 1.00 bits per heavy atom. The molecule has 33 heavy (non-hydrogen) atoms. The van der Waals surface area contributed by atoms with E-state index in [4.69, 9.17) is 23.2 Å². The summed E-state index contributed by atoms with van der Waals surface area (Å²) in [5.74, 6) is -0.278. The van der Waals surface area contributed by atoms with E-state index in [2.05, 4.69) is 0 Å². The van der Waals surface area contributed by atoms with Crippen LogP contribution in [-0.2, 0) is 27.9 Å². The summed E-state index contributed by atoms with van der Waals surface area (Å²) in [6, 6.07) is 18.0. The maximum Gasteiger partial charge on any atom is 0.245 e. The molecule has 2 aromatic carbocycles. The Morgan fingerprint density at radius 3 is 2.36 bits per heavy atom. The average molecular weight is 526 g/mol. The van der Waals surface area contributed by atoms with Crippen molar-refractivity contribution in [3.63, 3.8) is 0 Å². The van der Waals surface area contributed by atoms with Gasteiger partial charge in [-0.15, -0.1) is 11.3 Å². The van der Waals surface area contributed by atoms with Crippen molar-refractivity contribution in [1.29, 1.82) is 0 Å². The van der Waals surface area contributed by atoms with Gasteiger partial charge in [-0.05, 0) is 49.2 Å². The van der Waals surface area contributed by atoms with Crippen LogP contribution in [0.1, 0.15) is 28.7 Å². The molecule has 0 unspecified atom stereocenters. The summed E-state index contributed by atoms with van der Waals surface area (Å²) in [5, 5.41) is 0.336. The summed E-state index contributed by atoms with van der Waals surface area (Å²) in [6.45, 7) is 4.58. The number of nitrogens with zero attached hydrogens (tertiary/aromatic N) is 2. The Bertz CT molecular complexity index is 1200. The summed E-state index contributed by atoms with van der Waals surface area (Å²) in [5.41, 5.74) is 0.974. The van der Waals surface area contributed by atoms with Crippen molar-refractivity contribution in [3.05, 3.63) is 86.0 Å². The molecule has 1 heterocycles. The van der Waals surface area contributed by atoms with Crippen molar-refractivity contribution in [2.45, 2.75) is 38.3 Å². The molecule has 0 aliphatic carbocycles. The molecule has 1 aromatic heterocycles. The van der Waals surface area contributed by atoms with E-state index in [1.54, 1.807) is 16.2 Å². The number of carbonyl (C=O) groups excluding carboxylic acids is 1. The molecule has 0 aliphatic heterocycles. The Labute approximate surface area is 209 Å². The minimum Gasteiger partial charge on any atom is -0.332 e. The molecule has 0 saturated heterocycles. The van der Waals surface area contributed by atoms with Crippen LogP contribution in [0.4, 0.5) is 0 Å². The summed E-state index contributed by atoms with van der Waals surface area (Å²) in [4.78, 5) is 17.2. The molecule has 0 aliphatic rings. The summed E-state index contributed by atoms with van der Waals surface area (Å²) in [7, 11) is -4.01. The van der Waals surface area contributed by atoms with Crippen LogP contribution in [0.5, 0.6) is 0 Å². The zero-order chi connectivity index (χ0) is 24.0. The number of rotatable bonds is 10. The van der Waals surface area contributed by atoms with E-state index in [0.29, 0.717) is 19.5 Å². The molecule has 0 fully saturated rings. The van der Waals surface area contributed by atoms with E-state index >= 15 is 0 Å². The SMILES string of the molecule is CCCN(CC(=O)N(Cc1ccccc1)Cc1ccc(C)s1)S(=O)(=O)c1cc(Cl)ccc1Cl. The predicted octanol–water partition coefficient (Wildman–Crippen LogP) is 5.99. The van der Waals surface area contributed by atoms with Gasteiger partial charge >= 0.3 is 0 Å².